The molecule has 3 aromatic rings. The van der Waals surface area contributed by atoms with Gasteiger partial charge in [0.15, 0.2) is 6.29 Å². The maximum atomic E-state index is 13.8. The molecular formula is C17H12F4N4O. The molecule has 9 heteroatoms. The van der Waals surface area contributed by atoms with Gasteiger partial charge in [-0.3, -0.25) is 4.79 Å². The van der Waals surface area contributed by atoms with Crippen molar-refractivity contribution in [3.05, 3.63) is 41.5 Å². The number of carbonyl (C=O) groups excluding carboxylic acids is 1. The van der Waals surface area contributed by atoms with Crippen molar-refractivity contribution < 1.29 is 22.4 Å². The van der Waals surface area contributed by atoms with Crippen molar-refractivity contribution in [3.8, 4) is 11.1 Å². The van der Waals surface area contributed by atoms with Gasteiger partial charge in [0.2, 0.25) is 5.95 Å². The summed E-state index contributed by atoms with van der Waals surface area (Å²) in [4.78, 5) is 14.5. The molecule has 5 nitrogen and oxygen atoms in total. The second-order valence-corrected chi connectivity index (χ2v) is 6.25. The van der Waals surface area contributed by atoms with Crippen LogP contribution >= 0.6 is 0 Å². The van der Waals surface area contributed by atoms with Crippen molar-refractivity contribution in [2.75, 3.05) is 0 Å². The number of aldehydes is 1. The van der Waals surface area contributed by atoms with E-state index in [-0.39, 0.29) is 28.4 Å². The van der Waals surface area contributed by atoms with Gasteiger partial charge in [-0.2, -0.15) is 17.6 Å². The number of hydrogen-bond acceptors (Lipinski definition) is 4. The summed E-state index contributed by atoms with van der Waals surface area (Å²) in [5, 5.41) is 7.60. The summed E-state index contributed by atoms with van der Waals surface area (Å²) < 4.78 is 56.1. The van der Waals surface area contributed by atoms with Crippen LogP contribution in [0.3, 0.4) is 0 Å². The third-order valence-corrected chi connectivity index (χ3v) is 4.39. The normalized spacial score (nSPS) is 14.8. The van der Waals surface area contributed by atoms with Crippen molar-refractivity contribution in [3.63, 3.8) is 0 Å². The van der Waals surface area contributed by atoms with E-state index in [0.29, 0.717) is 12.5 Å². The van der Waals surface area contributed by atoms with Gasteiger partial charge < -0.3 is 0 Å². The van der Waals surface area contributed by atoms with Gasteiger partial charge in [0.05, 0.1) is 11.1 Å². The zero-order valence-corrected chi connectivity index (χ0v) is 13.3. The van der Waals surface area contributed by atoms with E-state index in [1.807, 2.05) is 0 Å². The first-order chi connectivity index (χ1) is 12.4. The van der Waals surface area contributed by atoms with Crippen molar-refractivity contribution in [1.82, 2.24) is 20.0 Å². The predicted octanol–water partition coefficient (Wildman–Crippen LogP) is 3.87. The quantitative estimate of drug-likeness (QED) is 0.401. The molecule has 1 aliphatic rings. The number of fused-ring (bicyclic) bond motifs is 1. The van der Waals surface area contributed by atoms with Gasteiger partial charge in [-0.1, -0.05) is 11.3 Å². The molecule has 2 aromatic heterocycles. The van der Waals surface area contributed by atoms with Crippen molar-refractivity contribution >= 4 is 17.3 Å². The predicted molar refractivity (Wildman–Crippen MR) is 83.8 cm³/mol. The van der Waals surface area contributed by atoms with Crippen molar-refractivity contribution in [1.29, 1.82) is 0 Å². The molecule has 1 fully saturated rings. The lowest BCUT2D eigenvalue weighted by Crippen LogP contribution is -2.10. The highest BCUT2D eigenvalue weighted by Gasteiger charge is 2.38. The largest absolute Gasteiger partial charge is 0.419 e. The summed E-state index contributed by atoms with van der Waals surface area (Å²) in [6.07, 6.45) is -2.46. The van der Waals surface area contributed by atoms with Crippen LogP contribution in [0, 0.1) is 11.9 Å². The third-order valence-electron chi connectivity index (χ3n) is 4.39. The number of carbonyl (C=O) groups is 1. The maximum Gasteiger partial charge on any atom is 0.419 e. The molecule has 0 bridgehead atoms. The first-order valence-corrected chi connectivity index (χ1v) is 7.94. The molecular weight excluding hydrogens is 352 g/mol. The Morgan fingerprint density at radius 1 is 1.15 bits per heavy atom. The number of benzene rings is 1. The molecule has 134 valence electrons. The highest BCUT2D eigenvalue weighted by Crippen LogP contribution is 2.42. The molecule has 26 heavy (non-hydrogen) atoms. The average molecular weight is 364 g/mol. The van der Waals surface area contributed by atoms with Gasteiger partial charge in [-0.25, -0.2) is 9.67 Å². The van der Waals surface area contributed by atoms with Crippen LogP contribution in [0.5, 0.6) is 0 Å². The molecule has 1 aromatic carbocycles. The van der Waals surface area contributed by atoms with E-state index in [4.69, 9.17) is 0 Å². The fourth-order valence-corrected chi connectivity index (χ4v) is 3.00. The van der Waals surface area contributed by atoms with Gasteiger partial charge in [0, 0.05) is 12.1 Å². The lowest BCUT2D eigenvalue weighted by molar-refractivity contribution is -0.135. The molecule has 0 aliphatic heterocycles. The SMILES string of the molecule is O=Cc1nc(F)ccc1-c1ccc2c(nnn2CC2CC2)c1C(F)(F)F. The Balaban J connectivity index is 1.96. The van der Waals surface area contributed by atoms with Crippen molar-refractivity contribution in [2.45, 2.75) is 25.6 Å². The van der Waals surface area contributed by atoms with E-state index in [1.54, 1.807) is 0 Å². The second-order valence-electron chi connectivity index (χ2n) is 6.25. The van der Waals surface area contributed by atoms with Crippen LogP contribution in [-0.2, 0) is 12.7 Å². The Labute approximate surface area is 144 Å². The van der Waals surface area contributed by atoms with Gasteiger partial charge in [-0.05, 0) is 42.5 Å². The molecule has 0 atom stereocenters. The summed E-state index contributed by atoms with van der Waals surface area (Å²) >= 11 is 0. The first-order valence-electron chi connectivity index (χ1n) is 7.94. The van der Waals surface area contributed by atoms with E-state index in [2.05, 4.69) is 15.3 Å². The molecule has 0 N–H and O–H groups in total. The number of hydrogen-bond donors (Lipinski definition) is 0. The van der Waals surface area contributed by atoms with Crippen LogP contribution in [0.4, 0.5) is 17.6 Å². The number of halogens is 4. The van der Waals surface area contributed by atoms with E-state index in [0.717, 1.165) is 25.0 Å². The highest BCUT2D eigenvalue weighted by atomic mass is 19.4. The molecule has 0 saturated heterocycles. The smallest absolute Gasteiger partial charge is 0.296 e. The topological polar surface area (TPSA) is 60.7 Å². The second kappa shape index (κ2) is 5.86. The minimum absolute atomic E-state index is 0.104. The Kier molecular flexibility index (Phi) is 3.74. The first kappa shape index (κ1) is 16.6. The van der Waals surface area contributed by atoms with E-state index < -0.39 is 23.4 Å². The van der Waals surface area contributed by atoms with Gasteiger partial charge in [0.25, 0.3) is 0 Å². The lowest BCUT2D eigenvalue weighted by atomic mass is 9.96. The van der Waals surface area contributed by atoms with Gasteiger partial charge in [-0.15, -0.1) is 5.10 Å². The van der Waals surface area contributed by atoms with Crippen LogP contribution in [0.1, 0.15) is 28.9 Å². The van der Waals surface area contributed by atoms with Crippen molar-refractivity contribution in [2.24, 2.45) is 5.92 Å². The van der Waals surface area contributed by atoms with Crippen LogP contribution in [-0.4, -0.2) is 26.3 Å². The van der Waals surface area contributed by atoms with Gasteiger partial charge in [0.1, 0.15) is 11.2 Å². The zero-order valence-electron chi connectivity index (χ0n) is 13.3. The van der Waals surface area contributed by atoms with E-state index in [1.165, 1.54) is 16.8 Å². The molecule has 2 heterocycles. The summed E-state index contributed by atoms with van der Waals surface area (Å²) in [5.74, 6) is -0.530. The Morgan fingerprint density at radius 2 is 1.88 bits per heavy atom. The average Bonchev–Trinajstić information content (AvgIpc) is 3.32. The molecule has 0 spiro atoms. The Morgan fingerprint density at radius 3 is 2.54 bits per heavy atom. The minimum atomic E-state index is -4.73. The van der Waals surface area contributed by atoms with E-state index >= 15 is 0 Å². The van der Waals surface area contributed by atoms with Crippen LogP contribution in [0.2, 0.25) is 0 Å². The number of alkyl halides is 3. The number of pyridine rings is 1. The summed E-state index contributed by atoms with van der Waals surface area (Å²) in [6, 6.07) is 4.76. The van der Waals surface area contributed by atoms with Crippen LogP contribution in [0.25, 0.3) is 22.2 Å². The molecule has 0 unspecified atom stereocenters. The molecule has 1 aliphatic carbocycles. The fraction of sp³-hybridized carbons (Fsp3) is 0.294. The van der Waals surface area contributed by atoms with E-state index in [9.17, 15) is 22.4 Å². The summed E-state index contributed by atoms with van der Waals surface area (Å²) in [7, 11) is 0. The standard InChI is InChI=1S/C17H12F4N4O/c18-14-6-4-10(12(8-26)22-14)11-3-5-13-16(15(11)17(19,20)21)23-24-25(13)7-9-1-2-9/h3-6,8-9H,1-2,7H2. The Hall–Kier alpha value is -2.84. The Bertz CT molecular complexity index is 1010. The lowest BCUT2D eigenvalue weighted by Gasteiger charge is -2.14. The molecule has 4 rings (SSSR count). The maximum absolute atomic E-state index is 13.8. The number of aromatic nitrogens is 4. The molecule has 0 amide bonds. The van der Waals surface area contributed by atoms with Crippen LogP contribution in [0.15, 0.2) is 24.3 Å². The number of rotatable bonds is 4. The fourth-order valence-electron chi connectivity index (χ4n) is 3.00. The minimum Gasteiger partial charge on any atom is -0.296 e. The van der Waals surface area contributed by atoms with Gasteiger partial charge >= 0.3 is 6.18 Å². The summed E-state index contributed by atoms with van der Waals surface area (Å²) in [5.41, 5.74) is -1.81. The monoisotopic (exact) mass is 364 g/mol. The molecule has 0 radical (unpaired) electrons. The summed E-state index contributed by atoms with van der Waals surface area (Å²) in [6.45, 7) is 0.519. The zero-order chi connectivity index (χ0) is 18.5. The highest BCUT2D eigenvalue weighted by molar-refractivity contribution is 5.92. The molecule has 1 saturated carbocycles. The third kappa shape index (κ3) is 2.83. The van der Waals surface area contributed by atoms with Crippen LogP contribution < -0.4 is 0 Å². The number of nitrogens with zero attached hydrogens (tertiary/aromatic N) is 4.